The molecule has 0 atom stereocenters. The van der Waals surface area contributed by atoms with Crippen LogP contribution in [0.2, 0.25) is 0 Å². The first kappa shape index (κ1) is 16.7. The van der Waals surface area contributed by atoms with Crippen molar-refractivity contribution in [2.75, 3.05) is 0 Å². The van der Waals surface area contributed by atoms with Crippen LogP contribution < -0.4 is 0 Å². The van der Waals surface area contributed by atoms with E-state index in [1.165, 1.54) is 38.5 Å². The van der Waals surface area contributed by atoms with Crippen molar-refractivity contribution in [1.29, 1.82) is 0 Å². The molecular formula is C18H26. The molecule has 0 amide bonds. The van der Waals surface area contributed by atoms with Crippen LogP contribution in [0, 0.1) is 35.5 Å². The maximum Gasteiger partial charge on any atom is 0.0702 e. The average Bonchev–Trinajstić information content (AvgIpc) is 2.39. The summed E-state index contributed by atoms with van der Waals surface area (Å²) in [5.74, 6) is 18.6. The summed E-state index contributed by atoms with van der Waals surface area (Å²) in [6, 6.07) is 0. The Hall–Kier alpha value is -1.32. The molecule has 0 spiro atoms. The van der Waals surface area contributed by atoms with E-state index < -0.39 is 0 Å². The van der Waals surface area contributed by atoms with Crippen molar-refractivity contribution in [2.24, 2.45) is 0 Å². The van der Waals surface area contributed by atoms with Crippen molar-refractivity contribution < 1.29 is 0 Å². The van der Waals surface area contributed by atoms with Crippen molar-refractivity contribution in [3.63, 3.8) is 0 Å². The van der Waals surface area contributed by atoms with E-state index >= 15 is 0 Å². The molecule has 0 aliphatic heterocycles. The third-order valence-electron chi connectivity index (χ3n) is 2.54. The Morgan fingerprint density at radius 3 is 1.56 bits per heavy atom. The highest BCUT2D eigenvalue weighted by molar-refractivity contribution is 5.16. The summed E-state index contributed by atoms with van der Waals surface area (Å²) in [5, 5.41) is 0. The molecule has 0 aromatic heterocycles. The van der Waals surface area contributed by atoms with Crippen LogP contribution in [-0.4, -0.2) is 0 Å². The maximum atomic E-state index is 3.17. The Labute approximate surface area is 114 Å². The minimum atomic E-state index is 0.696. The van der Waals surface area contributed by atoms with Crippen LogP contribution in [0.4, 0.5) is 0 Å². The third-order valence-corrected chi connectivity index (χ3v) is 2.54. The fourth-order valence-corrected chi connectivity index (χ4v) is 1.42. The van der Waals surface area contributed by atoms with Gasteiger partial charge in [0.1, 0.15) is 0 Å². The van der Waals surface area contributed by atoms with Gasteiger partial charge in [0.15, 0.2) is 0 Å². The summed E-state index contributed by atoms with van der Waals surface area (Å²) < 4.78 is 0. The number of rotatable bonds is 6. The molecule has 0 aliphatic carbocycles. The zero-order valence-corrected chi connectivity index (χ0v) is 12.1. The van der Waals surface area contributed by atoms with Gasteiger partial charge >= 0.3 is 0 Å². The standard InChI is InChI=1S/C18H26/c1-3-5-7-9-11-13-15-17-18-16-14-12-10-8-6-4-2/h3-9,11,14,17H2,1-2H3. The molecule has 18 heavy (non-hydrogen) atoms. The molecule has 0 bridgehead atoms. The predicted octanol–water partition coefficient (Wildman–Crippen LogP) is 4.94. The van der Waals surface area contributed by atoms with Gasteiger partial charge in [0.05, 0.1) is 12.8 Å². The maximum absolute atomic E-state index is 3.17. The fourth-order valence-electron chi connectivity index (χ4n) is 1.42. The van der Waals surface area contributed by atoms with E-state index in [1.54, 1.807) is 0 Å². The van der Waals surface area contributed by atoms with Gasteiger partial charge in [-0.1, -0.05) is 63.2 Å². The van der Waals surface area contributed by atoms with Gasteiger partial charge in [0, 0.05) is 12.8 Å². The monoisotopic (exact) mass is 242 g/mol. The number of hydrogen-bond acceptors (Lipinski definition) is 0. The molecule has 0 aliphatic rings. The third kappa shape index (κ3) is 14.7. The number of unbranched alkanes of at least 4 members (excludes halogenated alkanes) is 6. The normalized spacial score (nSPS) is 8.33. The zero-order valence-electron chi connectivity index (χ0n) is 12.1. The fraction of sp³-hybridized carbons (Fsp3) is 0.667. The topological polar surface area (TPSA) is 0 Å². The SMILES string of the molecule is CCCCC#CCC#CCC#CCCCCCC. The molecule has 98 valence electrons. The van der Waals surface area contributed by atoms with E-state index in [9.17, 15) is 0 Å². The first-order valence-corrected chi connectivity index (χ1v) is 7.29. The molecule has 0 nitrogen and oxygen atoms in total. The second-order valence-corrected chi connectivity index (χ2v) is 4.33. The Balaban J connectivity index is 3.42. The minimum Gasteiger partial charge on any atom is -0.102 e. The zero-order chi connectivity index (χ0) is 13.3. The second-order valence-electron chi connectivity index (χ2n) is 4.33. The van der Waals surface area contributed by atoms with Crippen molar-refractivity contribution in [2.45, 2.75) is 78.1 Å². The smallest absolute Gasteiger partial charge is 0.0702 e. The van der Waals surface area contributed by atoms with Gasteiger partial charge in [-0.15, -0.1) is 11.8 Å². The summed E-state index contributed by atoms with van der Waals surface area (Å²) in [4.78, 5) is 0. The van der Waals surface area contributed by atoms with Gasteiger partial charge in [0.2, 0.25) is 0 Å². The Bertz CT molecular complexity index is 343. The minimum absolute atomic E-state index is 0.696. The Kier molecular flexibility index (Phi) is 14.5. The molecular weight excluding hydrogens is 216 g/mol. The average molecular weight is 242 g/mol. The van der Waals surface area contributed by atoms with Crippen molar-refractivity contribution in [3.8, 4) is 35.5 Å². The summed E-state index contributed by atoms with van der Waals surface area (Å²) in [7, 11) is 0. The van der Waals surface area contributed by atoms with Crippen LogP contribution in [0.15, 0.2) is 0 Å². The number of hydrogen-bond donors (Lipinski definition) is 0. The highest BCUT2D eigenvalue weighted by atomic mass is 13.9. The molecule has 0 rings (SSSR count). The van der Waals surface area contributed by atoms with Crippen LogP contribution >= 0.6 is 0 Å². The van der Waals surface area contributed by atoms with Crippen molar-refractivity contribution in [1.82, 2.24) is 0 Å². The van der Waals surface area contributed by atoms with Crippen LogP contribution in [0.3, 0.4) is 0 Å². The highest BCUT2D eigenvalue weighted by Gasteiger charge is 1.83. The lowest BCUT2D eigenvalue weighted by Gasteiger charge is -1.91. The lowest BCUT2D eigenvalue weighted by Crippen LogP contribution is -1.73. The predicted molar refractivity (Wildman–Crippen MR) is 80.8 cm³/mol. The Morgan fingerprint density at radius 2 is 1.00 bits per heavy atom. The quantitative estimate of drug-likeness (QED) is 0.457. The van der Waals surface area contributed by atoms with E-state index in [0.717, 1.165) is 12.8 Å². The van der Waals surface area contributed by atoms with Gasteiger partial charge < -0.3 is 0 Å². The molecule has 0 aromatic carbocycles. The lowest BCUT2D eigenvalue weighted by atomic mass is 10.1. The van der Waals surface area contributed by atoms with Gasteiger partial charge in [-0.3, -0.25) is 0 Å². The highest BCUT2D eigenvalue weighted by Crippen LogP contribution is 2.00. The van der Waals surface area contributed by atoms with Crippen LogP contribution in [0.5, 0.6) is 0 Å². The van der Waals surface area contributed by atoms with E-state index in [4.69, 9.17) is 0 Å². The van der Waals surface area contributed by atoms with Crippen molar-refractivity contribution >= 4 is 0 Å². The molecule has 0 saturated heterocycles. The second kappa shape index (κ2) is 15.7. The Morgan fingerprint density at radius 1 is 0.500 bits per heavy atom. The molecule has 0 heterocycles. The van der Waals surface area contributed by atoms with E-state index in [1.807, 2.05) is 0 Å². The van der Waals surface area contributed by atoms with Gasteiger partial charge in [-0.05, 0) is 12.8 Å². The van der Waals surface area contributed by atoms with Crippen LogP contribution in [0.1, 0.15) is 78.1 Å². The van der Waals surface area contributed by atoms with Gasteiger partial charge in [-0.25, -0.2) is 0 Å². The molecule has 0 saturated carbocycles. The molecule has 0 heteroatoms. The summed E-state index contributed by atoms with van der Waals surface area (Å²) in [6.07, 6.45) is 11.0. The molecule has 0 N–H and O–H groups in total. The van der Waals surface area contributed by atoms with E-state index in [-0.39, 0.29) is 0 Å². The van der Waals surface area contributed by atoms with Gasteiger partial charge in [-0.2, -0.15) is 0 Å². The lowest BCUT2D eigenvalue weighted by molar-refractivity contribution is 0.679. The first-order chi connectivity index (χ1) is 8.91. The largest absolute Gasteiger partial charge is 0.102 e. The molecule has 0 radical (unpaired) electrons. The summed E-state index contributed by atoms with van der Waals surface area (Å²) >= 11 is 0. The molecule has 0 aromatic rings. The molecule has 0 fully saturated rings. The first-order valence-electron chi connectivity index (χ1n) is 7.29. The summed E-state index contributed by atoms with van der Waals surface area (Å²) in [5.41, 5.74) is 0. The van der Waals surface area contributed by atoms with Crippen LogP contribution in [-0.2, 0) is 0 Å². The van der Waals surface area contributed by atoms with Crippen LogP contribution in [0.25, 0.3) is 0 Å². The van der Waals surface area contributed by atoms with E-state index in [2.05, 4.69) is 49.4 Å². The molecule has 0 unspecified atom stereocenters. The summed E-state index contributed by atoms with van der Waals surface area (Å²) in [6.45, 7) is 4.41. The van der Waals surface area contributed by atoms with Gasteiger partial charge in [0.25, 0.3) is 0 Å². The van der Waals surface area contributed by atoms with E-state index in [0.29, 0.717) is 12.8 Å². The van der Waals surface area contributed by atoms with Crippen molar-refractivity contribution in [3.05, 3.63) is 0 Å².